The van der Waals surface area contributed by atoms with Gasteiger partial charge in [-0.15, -0.1) is 0 Å². The number of nitrogens with zero attached hydrogens (tertiary/aromatic N) is 4. The lowest BCUT2D eigenvalue weighted by molar-refractivity contribution is -0.137. The summed E-state index contributed by atoms with van der Waals surface area (Å²) in [6, 6.07) is 0. The van der Waals surface area contributed by atoms with Crippen molar-refractivity contribution in [1.82, 2.24) is 19.5 Å². The third-order valence-corrected chi connectivity index (χ3v) is 4.43. The van der Waals surface area contributed by atoms with Crippen LogP contribution >= 0.6 is 0 Å². The van der Waals surface area contributed by atoms with Gasteiger partial charge in [-0.2, -0.15) is 9.97 Å². The molecule has 2 aromatic heterocycles. The second kappa shape index (κ2) is 6.10. The number of aliphatic hydroxyl groups is 2. The molecular weight excluding hydrogens is 332 g/mol. The molecule has 0 radical (unpaired) electrons. The molecule has 0 bridgehead atoms. The van der Waals surface area contributed by atoms with Crippen LogP contribution < -0.4 is 16.2 Å². The minimum Gasteiger partial charge on any atom is -0.476 e. The summed E-state index contributed by atoms with van der Waals surface area (Å²) in [4.78, 5) is 24.4. The van der Waals surface area contributed by atoms with Crippen molar-refractivity contribution in [2.45, 2.75) is 32.3 Å². The van der Waals surface area contributed by atoms with E-state index in [1.165, 1.54) is 17.8 Å². The van der Waals surface area contributed by atoms with Crippen molar-refractivity contribution in [2.24, 2.45) is 11.1 Å². The molecule has 4 atom stereocenters. The summed E-state index contributed by atoms with van der Waals surface area (Å²) in [5, 5.41) is 19.8. The standard InChI is InChI=1S/C14H20N6O5/c1-3-24-10-7-9(18-13(16)19-10)20(5-17-7)12-14(2,11(15)23)8(22)6(4-21)25-12/h5-6,8,12,21-22H,3-4H2,1-2H3,(H2,15,23)(H2,16,18,19)/t6-,8-,12-,14+/m1/s1. The maximum absolute atomic E-state index is 12.1. The van der Waals surface area contributed by atoms with Crippen molar-refractivity contribution in [3.63, 3.8) is 0 Å². The van der Waals surface area contributed by atoms with Crippen LogP contribution in [0.1, 0.15) is 20.1 Å². The molecule has 11 nitrogen and oxygen atoms in total. The maximum atomic E-state index is 12.1. The van der Waals surface area contributed by atoms with E-state index in [2.05, 4.69) is 15.0 Å². The number of amides is 1. The van der Waals surface area contributed by atoms with Crippen LogP contribution in [-0.4, -0.2) is 61.1 Å². The average molecular weight is 352 g/mol. The molecule has 1 fully saturated rings. The van der Waals surface area contributed by atoms with E-state index in [1.54, 1.807) is 6.92 Å². The van der Waals surface area contributed by atoms with Crippen LogP contribution in [0.2, 0.25) is 0 Å². The second-order valence-electron chi connectivity index (χ2n) is 5.95. The molecule has 136 valence electrons. The van der Waals surface area contributed by atoms with Gasteiger partial charge in [0.1, 0.15) is 17.6 Å². The Hall–Kier alpha value is -2.50. The van der Waals surface area contributed by atoms with Crippen molar-refractivity contribution in [3.05, 3.63) is 6.33 Å². The number of hydrogen-bond donors (Lipinski definition) is 4. The Morgan fingerprint density at radius 1 is 1.52 bits per heavy atom. The van der Waals surface area contributed by atoms with E-state index in [9.17, 15) is 15.0 Å². The lowest BCUT2D eigenvalue weighted by atomic mass is 9.81. The molecule has 0 spiro atoms. The topological polar surface area (TPSA) is 172 Å². The van der Waals surface area contributed by atoms with Gasteiger partial charge in [-0.25, -0.2) is 4.98 Å². The Morgan fingerprint density at radius 2 is 2.24 bits per heavy atom. The minimum absolute atomic E-state index is 0.0456. The fraction of sp³-hybridized carbons (Fsp3) is 0.571. The van der Waals surface area contributed by atoms with Crippen molar-refractivity contribution in [2.75, 3.05) is 18.9 Å². The van der Waals surface area contributed by atoms with Crippen LogP contribution in [0.15, 0.2) is 6.33 Å². The fourth-order valence-electron chi connectivity index (χ4n) is 2.99. The van der Waals surface area contributed by atoms with Gasteiger partial charge in [0.05, 0.1) is 19.5 Å². The molecule has 6 N–H and O–H groups in total. The van der Waals surface area contributed by atoms with Crippen LogP contribution in [0.3, 0.4) is 0 Å². The third-order valence-electron chi connectivity index (χ3n) is 4.43. The second-order valence-corrected chi connectivity index (χ2v) is 5.95. The predicted molar refractivity (Wildman–Crippen MR) is 85.2 cm³/mol. The number of aliphatic hydroxyl groups excluding tert-OH is 2. The number of carbonyl (C=O) groups excluding carboxylic acids is 1. The molecule has 2 aromatic rings. The van der Waals surface area contributed by atoms with Crippen molar-refractivity contribution in [3.8, 4) is 5.88 Å². The maximum Gasteiger partial charge on any atom is 0.247 e. The van der Waals surface area contributed by atoms with E-state index in [0.717, 1.165) is 0 Å². The molecule has 3 heterocycles. The first-order valence-electron chi connectivity index (χ1n) is 7.71. The first-order valence-corrected chi connectivity index (χ1v) is 7.71. The van der Waals surface area contributed by atoms with Gasteiger partial charge in [0.2, 0.25) is 17.7 Å². The highest BCUT2D eigenvalue weighted by molar-refractivity contribution is 5.83. The zero-order valence-corrected chi connectivity index (χ0v) is 13.8. The zero-order valence-electron chi connectivity index (χ0n) is 13.8. The van der Waals surface area contributed by atoms with Crippen molar-refractivity contribution < 1.29 is 24.5 Å². The summed E-state index contributed by atoms with van der Waals surface area (Å²) in [5.41, 5.74) is 10.3. The first kappa shape index (κ1) is 17.3. The summed E-state index contributed by atoms with van der Waals surface area (Å²) in [5.74, 6) is -0.632. The van der Waals surface area contributed by atoms with E-state index in [0.29, 0.717) is 12.1 Å². The highest BCUT2D eigenvalue weighted by atomic mass is 16.5. The van der Waals surface area contributed by atoms with Crippen LogP contribution in [0, 0.1) is 5.41 Å². The summed E-state index contributed by atoms with van der Waals surface area (Å²) >= 11 is 0. The number of rotatable bonds is 5. The van der Waals surface area contributed by atoms with Crippen LogP contribution in [0.4, 0.5) is 5.95 Å². The molecule has 1 aliphatic rings. The van der Waals surface area contributed by atoms with Gasteiger partial charge in [-0.05, 0) is 13.8 Å². The normalized spacial score (nSPS) is 29.2. The highest BCUT2D eigenvalue weighted by Crippen LogP contribution is 2.46. The smallest absolute Gasteiger partial charge is 0.247 e. The molecule has 11 heteroatoms. The Bertz CT molecular complexity index is 810. The molecule has 0 unspecified atom stereocenters. The number of carbonyl (C=O) groups is 1. The quantitative estimate of drug-likeness (QED) is 0.502. The summed E-state index contributed by atoms with van der Waals surface area (Å²) in [7, 11) is 0. The number of ether oxygens (including phenoxy) is 2. The molecule has 0 aliphatic carbocycles. The number of anilines is 1. The Kier molecular flexibility index (Phi) is 4.22. The largest absolute Gasteiger partial charge is 0.476 e. The average Bonchev–Trinajstić information content (AvgIpc) is 3.08. The minimum atomic E-state index is -1.51. The SMILES string of the molecule is CCOc1nc(N)nc2c1ncn2[C@@H]1O[C@H](CO)[C@@H](O)[C@@]1(C)C(N)=O. The number of nitrogens with two attached hydrogens (primary N) is 2. The Morgan fingerprint density at radius 3 is 2.84 bits per heavy atom. The van der Waals surface area contributed by atoms with E-state index >= 15 is 0 Å². The van der Waals surface area contributed by atoms with Crippen molar-refractivity contribution >= 4 is 23.0 Å². The monoisotopic (exact) mass is 352 g/mol. The predicted octanol–water partition coefficient (Wildman–Crippen LogP) is -1.45. The van der Waals surface area contributed by atoms with Crippen molar-refractivity contribution in [1.29, 1.82) is 0 Å². The number of imidazole rings is 1. The van der Waals surface area contributed by atoms with E-state index in [-0.39, 0.29) is 17.5 Å². The zero-order chi connectivity index (χ0) is 18.4. The molecule has 0 saturated carbocycles. The molecule has 25 heavy (non-hydrogen) atoms. The Balaban J connectivity index is 2.17. The number of primary amides is 1. The molecular formula is C14H20N6O5. The van der Waals surface area contributed by atoms with Crippen LogP contribution in [0.5, 0.6) is 5.88 Å². The number of hydrogen-bond acceptors (Lipinski definition) is 9. The van der Waals surface area contributed by atoms with E-state index < -0.39 is 36.4 Å². The molecule has 1 aliphatic heterocycles. The van der Waals surface area contributed by atoms with Gasteiger partial charge in [0.25, 0.3) is 0 Å². The van der Waals surface area contributed by atoms with Gasteiger partial charge < -0.3 is 31.2 Å². The summed E-state index contributed by atoms with van der Waals surface area (Å²) in [6.45, 7) is 3.12. The van der Waals surface area contributed by atoms with Gasteiger partial charge in [0.15, 0.2) is 17.4 Å². The van der Waals surface area contributed by atoms with Gasteiger partial charge >= 0.3 is 0 Å². The molecule has 1 amide bonds. The lowest BCUT2D eigenvalue weighted by Crippen LogP contribution is -2.47. The first-order chi connectivity index (χ1) is 11.8. The van der Waals surface area contributed by atoms with E-state index in [4.69, 9.17) is 20.9 Å². The Labute approximate surface area is 142 Å². The lowest BCUT2D eigenvalue weighted by Gasteiger charge is -2.29. The number of fused-ring (bicyclic) bond motifs is 1. The summed E-state index contributed by atoms with van der Waals surface area (Å²) < 4.78 is 12.5. The summed E-state index contributed by atoms with van der Waals surface area (Å²) in [6.07, 6.45) is -1.95. The highest BCUT2D eigenvalue weighted by Gasteiger charge is 2.58. The van der Waals surface area contributed by atoms with Gasteiger partial charge in [-0.3, -0.25) is 9.36 Å². The van der Waals surface area contributed by atoms with Gasteiger partial charge in [0, 0.05) is 0 Å². The van der Waals surface area contributed by atoms with Crippen LogP contribution in [-0.2, 0) is 9.53 Å². The van der Waals surface area contributed by atoms with Crippen LogP contribution in [0.25, 0.3) is 11.2 Å². The number of nitrogen functional groups attached to an aromatic ring is 1. The van der Waals surface area contributed by atoms with E-state index in [1.807, 2.05) is 0 Å². The molecule has 1 saturated heterocycles. The van der Waals surface area contributed by atoms with Gasteiger partial charge in [-0.1, -0.05) is 0 Å². The molecule has 3 rings (SSSR count). The third kappa shape index (κ3) is 2.47. The molecule has 0 aromatic carbocycles. The fourth-order valence-corrected chi connectivity index (χ4v) is 2.99. The number of aromatic nitrogens is 4.